The predicted molar refractivity (Wildman–Crippen MR) is 324 cm³/mol. The van der Waals surface area contributed by atoms with Crippen molar-refractivity contribution in [3.05, 3.63) is 257 Å². The summed E-state index contributed by atoms with van der Waals surface area (Å²) < 4.78 is 0. The van der Waals surface area contributed by atoms with E-state index in [1.807, 2.05) is 52.0 Å². The molecule has 1 fully saturated rings. The van der Waals surface area contributed by atoms with Crippen LogP contribution in [0, 0.1) is 27.7 Å². The van der Waals surface area contributed by atoms with Gasteiger partial charge in [0.05, 0.1) is 78.4 Å². The molecule has 8 aromatic carbocycles. The molecule has 4 heterocycles. The molecule has 0 radical (unpaired) electrons. The lowest BCUT2D eigenvalue weighted by atomic mass is 9.68. The Balaban J connectivity index is 0.749. The second-order valence-corrected chi connectivity index (χ2v) is 23.1. The van der Waals surface area contributed by atoms with Gasteiger partial charge in [-0.15, -0.1) is 0 Å². The highest BCUT2D eigenvalue weighted by molar-refractivity contribution is 6.38. The Morgan fingerprint density at radius 2 is 0.562 bits per heavy atom. The van der Waals surface area contributed by atoms with E-state index < -0.39 is 76.2 Å². The molecule has 18 nitrogen and oxygen atoms in total. The Bertz CT molecular complexity index is 4330. The number of hydrogen-bond donors (Lipinski definition) is 2. The quantitative estimate of drug-likeness (QED) is 0.0655. The normalized spacial score (nSPS) is 15.8. The van der Waals surface area contributed by atoms with Gasteiger partial charge in [0, 0.05) is 27.7 Å². The molecule has 0 spiro atoms. The molecule has 89 heavy (non-hydrogen) atoms. The van der Waals surface area contributed by atoms with Gasteiger partial charge in [0.15, 0.2) is 11.6 Å². The molecular weight excluding hydrogens is 1130 g/mol. The predicted octanol–water partition coefficient (Wildman–Crippen LogP) is 11.6. The van der Waals surface area contributed by atoms with Crippen molar-refractivity contribution in [2.75, 3.05) is 19.6 Å². The van der Waals surface area contributed by atoms with Crippen LogP contribution in [0.5, 0.6) is 0 Å². The molecule has 0 unspecified atom stereocenters. The highest BCUT2D eigenvalue weighted by Gasteiger charge is 2.45. The fraction of sp³-hybridized carbons (Fsp3) is 0.155. The van der Waals surface area contributed by atoms with E-state index in [1.165, 1.54) is 121 Å². The third-order valence-corrected chi connectivity index (χ3v) is 17.8. The number of carbonyl (C=O) groups is 12. The molecule has 13 rings (SSSR count). The van der Waals surface area contributed by atoms with E-state index in [0.717, 1.165) is 69.3 Å². The number of rotatable bonds is 12. The molecule has 5 aliphatic rings. The Morgan fingerprint density at radius 3 is 0.843 bits per heavy atom. The molecule has 0 bridgehead atoms. The van der Waals surface area contributed by atoms with Crippen LogP contribution >= 0.6 is 0 Å². The van der Waals surface area contributed by atoms with Gasteiger partial charge < -0.3 is 10.2 Å². The second-order valence-electron chi connectivity index (χ2n) is 23.1. The first kappa shape index (κ1) is 56.7. The smallest absolute Gasteiger partial charge is 0.335 e. The summed E-state index contributed by atoms with van der Waals surface area (Å²) in [4.78, 5) is 167. The third kappa shape index (κ3) is 8.84. The number of benzene rings is 8. The van der Waals surface area contributed by atoms with Crippen molar-refractivity contribution < 1.29 is 67.7 Å². The van der Waals surface area contributed by atoms with Gasteiger partial charge in [0.1, 0.15) is 0 Å². The number of amides is 8. The summed E-state index contributed by atoms with van der Waals surface area (Å²) in [6.07, 6.45) is 5.29. The van der Waals surface area contributed by atoms with Crippen LogP contribution in [0.3, 0.4) is 0 Å². The van der Waals surface area contributed by atoms with Crippen LogP contribution in [0.1, 0.15) is 207 Å². The van der Waals surface area contributed by atoms with E-state index in [4.69, 9.17) is 0 Å². The number of imide groups is 4. The summed E-state index contributed by atoms with van der Waals surface area (Å²) in [5.74, 6) is -8.58. The van der Waals surface area contributed by atoms with Gasteiger partial charge >= 0.3 is 11.9 Å². The molecule has 2 N–H and O–H groups in total. The SMILES string of the molecule is Cc1cc(C2(c3cc(C)c(N4C(=O)c5ccc(C(=O)c6ccc7c(c6)C(=O)N(c6ccc(C(=O)O)cc6)C7=O)cc5C4=O)c(C)c3)CCCCCC2)cc(C)c1N1C(=O)c2ccc(C(=O)c3ccc4c(c3)C(=O)N(c3ccc(C(=O)O)cc3)C4=O)cc2C1=O. The van der Waals surface area contributed by atoms with E-state index in [9.17, 15) is 67.7 Å². The fourth-order valence-corrected chi connectivity index (χ4v) is 13.5. The van der Waals surface area contributed by atoms with Gasteiger partial charge in [0.2, 0.25) is 0 Å². The topological polar surface area (TPSA) is 258 Å². The monoisotopic (exact) mass is 1180 g/mol. The molecule has 1 saturated carbocycles. The maximum atomic E-state index is 14.5. The molecule has 0 atom stereocenters. The molecule has 1 aliphatic carbocycles. The summed E-state index contributed by atoms with van der Waals surface area (Å²) >= 11 is 0. The number of carboxylic acids is 2. The summed E-state index contributed by atoms with van der Waals surface area (Å²) in [5, 5.41) is 18.6. The maximum absolute atomic E-state index is 14.5. The number of aromatic carboxylic acids is 2. The molecular formula is C71H50N4O14. The number of carbonyl (C=O) groups excluding carboxylic acids is 10. The minimum atomic E-state index is -1.18. The van der Waals surface area contributed by atoms with Gasteiger partial charge in [-0.3, -0.25) is 47.9 Å². The maximum Gasteiger partial charge on any atom is 0.335 e. The number of aryl methyl sites for hydroxylation is 4. The van der Waals surface area contributed by atoms with Gasteiger partial charge in [-0.2, -0.15) is 0 Å². The van der Waals surface area contributed by atoms with Crippen LogP contribution in [-0.2, 0) is 5.41 Å². The molecule has 438 valence electrons. The Kier molecular flexibility index (Phi) is 13.3. The highest BCUT2D eigenvalue weighted by Crippen LogP contribution is 2.49. The van der Waals surface area contributed by atoms with Crippen LogP contribution in [0.4, 0.5) is 22.7 Å². The summed E-state index contributed by atoms with van der Waals surface area (Å²) in [7, 11) is 0. The number of hydrogen-bond acceptors (Lipinski definition) is 12. The first-order chi connectivity index (χ1) is 42.6. The minimum absolute atomic E-state index is 0.0120. The lowest BCUT2D eigenvalue weighted by Gasteiger charge is -2.37. The van der Waals surface area contributed by atoms with Crippen LogP contribution < -0.4 is 19.6 Å². The first-order valence-electron chi connectivity index (χ1n) is 28.7. The number of fused-ring (bicyclic) bond motifs is 4. The minimum Gasteiger partial charge on any atom is -0.478 e. The van der Waals surface area contributed by atoms with Crippen molar-refractivity contribution in [2.45, 2.75) is 71.6 Å². The molecule has 18 heteroatoms. The van der Waals surface area contributed by atoms with E-state index in [-0.39, 0.29) is 89.3 Å². The average Bonchev–Trinajstić information content (AvgIpc) is 1.72. The lowest BCUT2D eigenvalue weighted by Crippen LogP contribution is -2.33. The zero-order valence-electron chi connectivity index (χ0n) is 48.2. The van der Waals surface area contributed by atoms with Gasteiger partial charge in [-0.25, -0.2) is 29.2 Å². The highest BCUT2D eigenvalue weighted by atomic mass is 16.4. The van der Waals surface area contributed by atoms with Crippen molar-refractivity contribution in [3.63, 3.8) is 0 Å². The Morgan fingerprint density at radius 1 is 0.315 bits per heavy atom. The largest absolute Gasteiger partial charge is 0.478 e. The van der Waals surface area contributed by atoms with Crippen molar-refractivity contribution in [1.29, 1.82) is 0 Å². The number of nitrogens with zero attached hydrogens (tertiary/aromatic N) is 4. The van der Waals surface area contributed by atoms with Crippen molar-refractivity contribution in [3.8, 4) is 0 Å². The standard InChI is InChI=1S/C71H50N4O14/c1-35-27-45(28-36(2)57(35)74-63(80)51-23-15-43(33-55(51)67(74)84)59(76)41-13-21-49-53(31-41)65(82)72(61(49)78)47-17-9-39(10-18-47)69(86)87)71(25-7-5-6-8-26-71)46-29-37(3)58(38(4)30-46)75-64(81)52-24-16-44(34-56(52)68(75)85)60(77)42-14-22-50-54(32-42)66(83)73(62(50)79)48-19-11-40(12-20-48)70(88)89/h9-24,27-34H,5-8,25-26H2,1-4H3,(H,86,87)(H,88,89). The lowest BCUT2D eigenvalue weighted by molar-refractivity contribution is 0.0686. The van der Waals surface area contributed by atoms with Gasteiger partial charge in [-0.1, -0.05) is 74.2 Å². The van der Waals surface area contributed by atoms with Crippen LogP contribution in [0.2, 0.25) is 0 Å². The zero-order valence-corrected chi connectivity index (χ0v) is 48.2. The number of ketones is 2. The van der Waals surface area contributed by atoms with E-state index in [2.05, 4.69) is 0 Å². The van der Waals surface area contributed by atoms with E-state index >= 15 is 0 Å². The van der Waals surface area contributed by atoms with Gasteiger partial charge in [-0.05, 0) is 171 Å². The zero-order chi connectivity index (χ0) is 62.8. The summed E-state index contributed by atoms with van der Waals surface area (Å²) in [6, 6.07) is 35.1. The molecule has 8 aromatic rings. The third-order valence-electron chi connectivity index (χ3n) is 17.8. The summed E-state index contributed by atoms with van der Waals surface area (Å²) in [5.41, 5.74) is 5.51. The molecule has 0 aromatic heterocycles. The van der Waals surface area contributed by atoms with Crippen LogP contribution in [0.25, 0.3) is 0 Å². The Labute approximate surface area is 507 Å². The molecule has 4 aliphatic heterocycles. The average molecular weight is 1180 g/mol. The van der Waals surface area contributed by atoms with Crippen molar-refractivity contribution in [2.24, 2.45) is 0 Å². The van der Waals surface area contributed by atoms with E-state index in [0.29, 0.717) is 33.6 Å². The Hall–Kier alpha value is -11.4. The van der Waals surface area contributed by atoms with E-state index in [1.54, 1.807) is 0 Å². The van der Waals surface area contributed by atoms with Crippen molar-refractivity contribution in [1.82, 2.24) is 0 Å². The number of anilines is 4. The van der Waals surface area contributed by atoms with Crippen LogP contribution in [-0.4, -0.2) is 81.0 Å². The van der Waals surface area contributed by atoms with Gasteiger partial charge in [0.25, 0.3) is 47.3 Å². The molecule has 8 amide bonds. The van der Waals surface area contributed by atoms with Crippen LogP contribution in [0.15, 0.2) is 146 Å². The first-order valence-corrected chi connectivity index (χ1v) is 28.7. The molecule has 0 saturated heterocycles. The van der Waals surface area contributed by atoms with Crippen molar-refractivity contribution >= 4 is 93.5 Å². The second kappa shape index (κ2) is 20.9. The number of carboxylic acid groups (broad SMARTS) is 2. The summed E-state index contributed by atoms with van der Waals surface area (Å²) in [6.45, 7) is 7.38. The fourth-order valence-electron chi connectivity index (χ4n) is 13.5.